The molecular weight excluding hydrogens is 272 g/mol. The molecule has 2 aliphatic heterocycles. The summed E-state index contributed by atoms with van der Waals surface area (Å²) in [4.78, 5) is 0. The number of rotatable bonds is 4. The van der Waals surface area contributed by atoms with Crippen LogP contribution in [0.25, 0.3) is 0 Å². The van der Waals surface area contributed by atoms with Crippen LogP contribution in [0.1, 0.15) is 32.1 Å². The fraction of sp³-hybridized carbons (Fsp3) is 1.00. The Bertz CT molecular complexity index is 355. The zero-order chi connectivity index (χ0) is 13.0. The van der Waals surface area contributed by atoms with E-state index in [1.807, 2.05) is 0 Å². The maximum atomic E-state index is 12.3. The van der Waals surface area contributed by atoms with Crippen LogP contribution >= 0.6 is 11.8 Å². The zero-order valence-corrected chi connectivity index (χ0v) is 12.2. The first kappa shape index (κ1) is 14.6. The topological polar surface area (TPSA) is 69.6 Å². The lowest BCUT2D eigenvalue weighted by molar-refractivity contribution is 0.153. The summed E-state index contributed by atoms with van der Waals surface area (Å²) in [7, 11) is -3.43. The Hall–Kier alpha value is 0.180. The molecule has 0 bridgehead atoms. The number of aliphatic hydroxyl groups is 1. The fourth-order valence-electron chi connectivity index (χ4n) is 2.58. The molecule has 0 aliphatic carbocycles. The van der Waals surface area contributed by atoms with Gasteiger partial charge < -0.3 is 5.11 Å². The van der Waals surface area contributed by atoms with Crippen molar-refractivity contribution in [1.82, 2.24) is 9.03 Å². The molecule has 0 aromatic heterocycles. The lowest BCUT2D eigenvalue weighted by Gasteiger charge is -2.35. The molecule has 0 aromatic carbocycles. The molecule has 7 heteroatoms. The number of piperidine rings is 1. The molecule has 2 heterocycles. The maximum Gasteiger partial charge on any atom is 0.280 e. The Labute approximate surface area is 114 Å². The van der Waals surface area contributed by atoms with E-state index in [1.165, 1.54) is 4.31 Å². The third-order valence-electron chi connectivity index (χ3n) is 3.57. The summed E-state index contributed by atoms with van der Waals surface area (Å²) in [6.45, 7) is 0.445. The van der Waals surface area contributed by atoms with Gasteiger partial charge in [0.1, 0.15) is 0 Å². The van der Waals surface area contributed by atoms with Crippen molar-refractivity contribution in [2.45, 2.75) is 44.2 Å². The van der Waals surface area contributed by atoms with Crippen molar-refractivity contribution in [3.63, 3.8) is 0 Å². The molecule has 2 unspecified atom stereocenters. The van der Waals surface area contributed by atoms with Crippen molar-refractivity contribution < 1.29 is 13.5 Å². The molecule has 2 saturated heterocycles. The second-order valence-electron chi connectivity index (χ2n) is 4.98. The van der Waals surface area contributed by atoms with E-state index in [4.69, 9.17) is 0 Å². The molecule has 0 amide bonds. The lowest BCUT2D eigenvalue weighted by atomic mass is 10.1. The highest BCUT2D eigenvalue weighted by Gasteiger charge is 2.33. The Kier molecular flexibility index (Phi) is 5.32. The first-order valence-corrected chi connectivity index (χ1v) is 9.20. The number of hydrogen-bond acceptors (Lipinski definition) is 4. The number of hydrogen-bond donors (Lipinski definition) is 2. The van der Waals surface area contributed by atoms with Gasteiger partial charge in [-0.05, 0) is 31.4 Å². The minimum Gasteiger partial charge on any atom is -0.395 e. The van der Waals surface area contributed by atoms with Gasteiger partial charge in [0.25, 0.3) is 10.2 Å². The van der Waals surface area contributed by atoms with Crippen LogP contribution in [-0.2, 0) is 10.2 Å². The molecule has 0 spiro atoms. The number of aliphatic hydroxyl groups excluding tert-OH is 1. The predicted molar refractivity (Wildman–Crippen MR) is 73.8 cm³/mol. The van der Waals surface area contributed by atoms with Crippen LogP contribution in [0.15, 0.2) is 0 Å². The smallest absolute Gasteiger partial charge is 0.280 e. The van der Waals surface area contributed by atoms with Gasteiger partial charge in [0, 0.05) is 24.4 Å². The zero-order valence-electron chi connectivity index (χ0n) is 10.5. The summed E-state index contributed by atoms with van der Waals surface area (Å²) in [6, 6.07) is -0.192. The Morgan fingerprint density at radius 1 is 1.28 bits per heavy atom. The molecule has 0 aromatic rings. The van der Waals surface area contributed by atoms with Crippen molar-refractivity contribution in [2.24, 2.45) is 0 Å². The molecule has 2 rings (SSSR count). The molecule has 18 heavy (non-hydrogen) atoms. The second-order valence-corrected chi connectivity index (χ2v) is 7.78. The Morgan fingerprint density at radius 3 is 2.78 bits per heavy atom. The van der Waals surface area contributed by atoms with Gasteiger partial charge in [-0.15, -0.1) is 0 Å². The van der Waals surface area contributed by atoms with Gasteiger partial charge in [-0.1, -0.05) is 6.42 Å². The van der Waals surface area contributed by atoms with Crippen LogP contribution in [0.5, 0.6) is 0 Å². The fourth-order valence-corrected chi connectivity index (χ4v) is 5.45. The third kappa shape index (κ3) is 3.60. The molecule has 106 valence electrons. The van der Waals surface area contributed by atoms with Crippen molar-refractivity contribution in [1.29, 1.82) is 0 Å². The average molecular weight is 294 g/mol. The molecule has 2 fully saturated rings. The molecule has 2 aliphatic rings. The van der Waals surface area contributed by atoms with Crippen LogP contribution in [0, 0.1) is 0 Å². The quantitative estimate of drug-likeness (QED) is 0.795. The van der Waals surface area contributed by atoms with E-state index < -0.39 is 10.2 Å². The molecule has 5 nitrogen and oxygen atoms in total. The van der Waals surface area contributed by atoms with E-state index in [-0.39, 0.29) is 18.7 Å². The molecule has 0 saturated carbocycles. The second kappa shape index (κ2) is 6.56. The van der Waals surface area contributed by atoms with Gasteiger partial charge in [0.2, 0.25) is 0 Å². The normalized spacial score (nSPS) is 31.4. The van der Waals surface area contributed by atoms with Crippen LogP contribution in [0.3, 0.4) is 0 Å². The van der Waals surface area contributed by atoms with Gasteiger partial charge in [0.15, 0.2) is 0 Å². The van der Waals surface area contributed by atoms with E-state index >= 15 is 0 Å². The largest absolute Gasteiger partial charge is 0.395 e. The molecule has 0 radical (unpaired) electrons. The number of nitrogens with zero attached hydrogens (tertiary/aromatic N) is 1. The molecule has 2 N–H and O–H groups in total. The summed E-state index contributed by atoms with van der Waals surface area (Å²) >= 11 is 1.80. The monoisotopic (exact) mass is 294 g/mol. The highest BCUT2D eigenvalue weighted by molar-refractivity contribution is 7.99. The summed E-state index contributed by atoms with van der Waals surface area (Å²) in [5.41, 5.74) is 0. The summed E-state index contributed by atoms with van der Waals surface area (Å²) < 4.78 is 28.9. The standard InChI is InChI=1S/C11H22N2O3S2/c14-8-11-5-1-2-6-13(11)18(15,16)12-10-4-3-7-17-9-10/h10-12,14H,1-9H2. The van der Waals surface area contributed by atoms with E-state index in [9.17, 15) is 13.5 Å². The predicted octanol–water partition coefficient (Wildman–Crippen LogP) is 0.563. The van der Waals surface area contributed by atoms with Crippen LogP contribution in [-0.4, -0.2) is 54.6 Å². The van der Waals surface area contributed by atoms with E-state index in [2.05, 4.69) is 4.72 Å². The number of thioether (sulfide) groups is 1. The van der Waals surface area contributed by atoms with Crippen LogP contribution < -0.4 is 4.72 Å². The van der Waals surface area contributed by atoms with Crippen molar-refractivity contribution in [3.8, 4) is 0 Å². The van der Waals surface area contributed by atoms with E-state index in [1.54, 1.807) is 11.8 Å². The van der Waals surface area contributed by atoms with Crippen molar-refractivity contribution in [3.05, 3.63) is 0 Å². The first-order chi connectivity index (χ1) is 8.63. The van der Waals surface area contributed by atoms with Gasteiger partial charge >= 0.3 is 0 Å². The van der Waals surface area contributed by atoms with Crippen LogP contribution in [0.4, 0.5) is 0 Å². The first-order valence-electron chi connectivity index (χ1n) is 6.61. The van der Waals surface area contributed by atoms with Crippen molar-refractivity contribution in [2.75, 3.05) is 24.7 Å². The highest BCUT2D eigenvalue weighted by atomic mass is 32.2. The highest BCUT2D eigenvalue weighted by Crippen LogP contribution is 2.22. The van der Waals surface area contributed by atoms with E-state index in [0.29, 0.717) is 6.54 Å². The van der Waals surface area contributed by atoms with Crippen molar-refractivity contribution >= 4 is 22.0 Å². The minimum atomic E-state index is -3.43. The molecule has 2 atom stereocenters. The SMILES string of the molecule is O=S(=O)(NC1CCCSC1)N1CCCCC1CO. The average Bonchev–Trinajstić information content (AvgIpc) is 2.39. The van der Waals surface area contributed by atoms with E-state index in [0.717, 1.165) is 43.6 Å². The van der Waals surface area contributed by atoms with Gasteiger partial charge in [0.05, 0.1) is 6.61 Å². The third-order valence-corrected chi connectivity index (χ3v) is 6.51. The number of nitrogens with one attached hydrogen (secondary N) is 1. The lowest BCUT2D eigenvalue weighted by Crippen LogP contribution is -2.53. The van der Waals surface area contributed by atoms with Gasteiger partial charge in [-0.2, -0.15) is 29.2 Å². The maximum absolute atomic E-state index is 12.3. The summed E-state index contributed by atoms with van der Waals surface area (Å²) in [6.07, 6.45) is 4.63. The van der Waals surface area contributed by atoms with Gasteiger partial charge in [-0.25, -0.2) is 0 Å². The Morgan fingerprint density at radius 2 is 2.11 bits per heavy atom. The molecular formula is C11H22N2O3S2. The minimum absolute atomic E-state index is 0.0509. The summed E-state index contributed by atoms with van der Waals surface area (Å²) in [5.74, 6) is 1.98. The summed E-state index contributed by atoms with van der Waals surface area (Å²) in [5, 5.41) is 9.29. The van der Waals surface area contributed by atoms with Gasteiger partial charge in [-0.3, -0.25) is 0 Å². The van der Waals surface area contributed by atoms with Crippen LogP contribution in [0.2, 0.25) is 0 Å². The Balaban J connectivity index is 1.99.